The summed E-state index contributed by atoms with van der Waals surface area (Å²) in [6, 6.07) is 5.47. The zero-order valence-corrected chi connectivity index (χ0v) is 10.9. The highest BCUT2D eigenvalue weighted by molar-refractivity contribution is 6.42. The molecular weight excluding hydrogens is 245 g/mol. The van der Waals surface area contributed by atoms with Gasteiger partial charge in [0.2, 0.25) is 0 Å². The Morgan fingerprint density at radius 2 is 2.12 bits per heavy atom. The highest BCUT2D eigenvalue weighted by Gasteiger charge is 2.11. The molecule has 0 fully saturated rings. The molecule has 0 aliphatic rings. The second-order valence-electron chi connectivity index (χ2n) is 3.59. The zero-order chi connectivity index (χ0) is 12.0. The third-order valence-corrected chi connectivity index (χ3v) is 3.22. The van der Waals surface area contributed by atoms with Gasteiger partial charge in [-0.25, -0.2) is 0 Å². The molecule has 0 aliphatic carbocycles. The molecule has 16 heavy (non-hydrogen) atoms. The number of ether oxygens (including phenoxy) is 1. The summed E-state index contributed by atoms with van der Waals surface area (Å²) in [6.07, 6.45) is 1.78. The van der Waals surface area contributed by atoms with Crippen LogP contribution in [0.4, 0.5) is 0 Å². The first kappa shape index (κ1) is 13.8. The summed E-state index contributed by atoms with van der Waals surface area (Å²) in [4.78, 5) is 0. The molecule has 1 atom stereocenters. The Kier molecular flexibility index (Phi) is 6.14. The molecular formula is C12H17Cl2NO. The third kappa shape index (κ3) is 3.95. The van der Waals surface area contributed by atoms with Gasteiger partial charge in [-0.3, -0.25) is 0 Å². The Bertz CT molecular complexity index is 331. The van der Waals surface area contributed by atoms with Crippen LogP contribution in [0.2, 0.25) is 10.0 Å². The first-order valence-electron chi connectivity index (χ1n) is 5.44. The molecule has 0 aliphatic heterocycles. The van der Waals surface area contributed by atoms with E-state index in [0.717, 1.165) is 31.6 Å². The summed E-state index contributed by atoms with van der Waals surface area (Å²) >= 11 is 12.0. The van der Waals surface area contributed by atoms with Crippen molar-refractivity contribution in [2.75, 3.05) is 13.2 Å². The molecule has 2 nitrogen and oxygen atoms in total. The molecule has 1 unspecified atom stereocenters. The van der Waals surface area contributed by atoms with Gasteiger partial charge in [-0.2, -0.15) is 0 Å². The van der Waals surface area contributed by atoms with Crippen molar-refractivity contribution in [1.82, 2.24) is 0 Å². The van der Waals surface area contributed by atoms with Crippen LogP contribution in [0.3, 0.4) is 0 Å². The standard InChI is InChI=1S/C12H17Cl2NO/c1-2-16-8-4-7-11(15)9-5-3-6-10(13)12(9)14/h3,5-6,11H,2,4,7-8,15H2,1H3. The van der Waals surface area contributed by atoms with E-state index in [1.807, 2.05) is 19.1 Å². The largest absolute Gasteiger partial charge is 0.382 e. The molecule has 0 radical (unpaired) electrons. The summed E-state index contributed by atoms with van der Waals surface area (Å²) in [5.41, 5.74) is 6.96. The second kappa shape index (κ2) is 7.13. The normalized spacial score (nSPS) is 12.8. The Morgan fingerprint density at radius 3 is 2.81 bits per heavy atom. The minimum atomic E-state index is -0.0772. The van der Waals surface area contributed by atoms with Crippen molar-refractivity contribution >= 4 is 23.2 Å². The van der Waals surface area contributed by atoms with Crippen LogP contribution in [0.25, 0.3) is 0 Å². The predicted octanol–water partition coefficient (Wildman–Crippen LogP) is 3.81. The fourth-order valence-corrected chi connectivity index (χ4v) is 1.96. The highest BCUT2D eigenvalue weighted by Crippen LogP contribution is 2.30. The molecule has 4 heteroatoms. The molecule has 1 rings (SSSR count). The Labute approximate surface area is 107 Å². The Morgan fingerprint density at radius 1 is 1.38 bits per heavy atom. The van der Waals surface area contributed by atoms with E-state index in [4.69, 9.17) is 33.7 Å². The number of rotatable bonds is 6. The minimum absolute atomic E-state index is 0.0772. The van der Waals surface area contributed by atoms with E-state index in [0.29, 0.717) is 10.0 Å². The molecule has 0 aromatic heterocycles. The monoisotopic (exact) mass is 261 g/mol. The number of nitrogens with two attached hydrogens (primary N) is 1. The quantitative estimate of drug-likeness (QED) is 0.791. The van der Waals surface area contributed by atoms with Crippen LogP contribution in [-0.2, 0) is 4.74 Å². The van der Waals surface area contributed by atoms with Gasteiger partial charge in [0.05, 0.1) is 10.0 Å². The summed E-state index contributed by atoms with van der Waals surface area (Å²) in [5.74, 6) is 0. The Balaban J connectivity index is 2.52. The Hall–Kier alpha value is -0.280. The van der Waals surface area contributed by atoms with Crippen molar-refractivity contribution in [3.05, 3.63) is 33.8 Å². The second-order valence-corrected chi connectivity index (χ2v) is 4.37. The van der Waals surface area contributed by atoms with Crippen LogP contribution >= 0.6 is 23.2 Å². The fourth-order valence-electron chi connectivity index (χ4n) is 1.51. The van der Waals surface area contributed by atoms with Crippen LogP contribution < -0.4 is 5.73 Å². The fraction of sp³-hybridized carbons (Fsp3) is 0.500. The van der Waals surface area contributed by atoms with E-state index in [2.05, 4.69) is 0 Å². The van der Waals surface area contributed by atoms with Crippen molar-refractivity contribution in [3.63, 3.8) is 0 Å². The highest BCUT2D eigenvalue weighted by atomic mass is 35.5. The molecule has 0 saturated carbocycles. The molecule has 0 bridgehead atoms. The topological polar surface area (TPSA) is 35.2 Å². The lowest BCUT2D eigenvalue weighted by Gasteiger charge is -2.14. The molecule has 0 amide bonds. The maximum atomic E-state index is 6.08. The molecule has 0 spiro atoms. The third-order valence-electron chi connectivity index (χ3n) is 2.39. The summed E-state index contributed by atoms with van der Waals surface area (Å²) in [7, 11) is 0. The first-order chi connectivity index (χ1) is 7.66. The van der Waals surface area contributed by atoms with Crippen LogP contribution in [-0.4, -0.2) is 13.2 Å². The molecule has 2 N–H and O–H groups in total. The zero-order valence-electron chi connectivity index (χ0n) is 9.38. The maximum absolute atomic E-state index is 6.08. The summed E-state index contributed by atoms with van der Waals surface area (Å²) in [5, 5.41) is 1.12. The van der Waals surface area contributed by atoms with Gasteiger partial charge in [0, 0.05) is 19.3 Å². The van der Waals surface area contributed by atoms with Crippen molar-refractivity contribution in [2.24, 2.45) is 5.73 Å². The van der Waals surface area contributed by atoms with E-state index in [9.17, 15) is 0 Å². The van der Waals surface area contributed by atoms with Gasteiger partial charge in [0.15, 0.2) is 0 Å². The molecule has 1 aromatic carbocycles. The molecule has 90 valence electrons. The maximum Gasteiger partial charge on any atom is 0.0639 e. The lowest BCUT2D eigenvalue weighted by molar-refractivity contribution is 0.142. The lowest BCUT2D eigenvalue weighted by atomic mass is 10.0. The number of benzene rings is 1. The van der Waals surface area contributed by atoms with Crippen LogP contribution in [0.1, 0.15) is 31.4 Å². The van der Waals surface area contributed by atoms with Gasteiger partial charge in [0.1, 0.15) is 0 Å². The van der Waals surface area contributed by atoms with Crippen LogP contribution in [0, 0.1) is 0 Å². The predicted molar refractivity (Wildman–Crippen MR) is 69.1 cm³/mol. The molecule has 1 aromatic rings. The number of hydrogen-bond donors (Lipinski definition) is 1. The lowest BCUT2D eigenvalue weighted by Crippen LogP contribution is -2.12. The van der Waals surface area contributed by atoms with Gasteiger partial charge in [-0.1, -0.05) is 35.3 Å². The van der Waals surface area contributed by atoms with E-state index in [-0.39, 0.29) is 6.04 Å². The molecule has 0 heterocycles. The van der Waals surface area contributed by atoms with E-state index in [1.165, 1.54) is 0 Å². The van der Waals surface area contributed by atoms with Crippen molar-refractivity contribution in [1.29, 1.82) is 0 Å². The van der Waals surface area contributed by atoms with E-state index >= 15 is 0 Å². The smallest absolute Gasteiger partial charge is 0.0639 e. The van der Waals surface area contributed by atoms with Gasteiger partial charge in [-0.15, -0.1) is 0 Å². The first-order valence-corrected chi connectivity index (χ1v) is 6.19. The van der Waals surface area contributed by atoms with Gasteiger partial charge < -0.3 is 10.5 Å². The van der Waals surface area contributed by atoms with Crippen LogP contribution in [0.15, 0.2) is 18.2 Å². The van der Waals surface area contributed by atoms with Crippen molar-refractivity contribution in [2.45, 2.75) is 25.8 Å². The average molecular weight is 262 g/mol. The van der Waals surface area contributed by atoms with Crippen LogP contribution in [0.5, 0.6) is 0 Å². The number of hydrogen-bond acceptors (Lipinski definition) is 2. The van der Waals surface area contributed by atoms with E-state index < -0.39 is 0 Å². The van der Waals surface area contributed by atoms with Crippen molar-refractivity contribution in [3.8, 4) is 0 Å². The van der Waals surface area contributed by atoms with Gasteiger partial charge in [-0.05, 0) is 31.4 Å². The van der Waals surface area contributed by atoms with Crippen molar-refractivity contribution < 1.29 is 4.74 Å². The minimum Gasteiger partial charge on any atom is -0.382 e. The summed E-state index contributed by atoms with van der Waals surface area (Å²) < 4.78 is 5.26. The van der Waals surface area contributed by atoms with Gasteiger partial charge in [0.25, 0.3) is 0 Å². The van der Waals surface area contributed by atoms with Gasteiger partial charge >= 0.3 is 0 Å². The molecule has 0 saturated heterocycles. The number of halogens is 2. The SMILES string of the molecule is CCOCCCC(N)c1cccc(Cl)c1Cl. The van der Waals surface area contributed by atoms with E-state index in [1.54, 1.807) is 6.07 Å². The summed E-state index contributed by atoms with van der Waals surface area (Å²) in [6.45, 7) is 3.46. The average Bonchev–Trinajstić information content (AvgIpc) is 2.28.